The molecule has 0 saturated carbocycles. The van der Waals surface area contributed by atoms with Crippen molar-refractivity contribution in [1.29, 1.82) is 0 Å². The van der Waals surface area contributed by atoms with Gasteiger partial charge in [-0.3, -0.25) is 0 Å². The summed E-state index contributed by atoms with van der Waals surface area (Å²) in [5, 5.41) is 0. The van der Waals surface area contributed by atoms with Crippen molar-refractivity contribution in [2.75, 3.05) is 0 Å². The Bertz CT molecular complexity index is 18.9. The zero-order chi connectivity index (χ0) is 4.28. The van der Waals surface area contributed by atoms with Crippen molar-refractivity contribution in [3.8, 4) is 0 Å². The zero-order valence-electron chi connectivity index (χ0n) is 2.21. The van der Waals surface area contributed by atoms with E-state index in [1.54, 1.807) is 0 Å². The molecule has 0 bridgehead atoms. The van der Waals surface area contributed by atoms with E-state index < -0.39 is 4.84 Å². The highest BCUT2D eigenvalue weighted by molar-refractivity contribution is 6.49. The van der Waals surface area contributed by atoms with Gasteiger partial charge in [0.2, 0.25) is 0 Å². The Balaban J connectivity index is 2.54. The molecule has 0 saturated heterocycles. The Morgan fingerprint density at radius 1 is 1.40 bits per heavy atom. The molecule has 0 amide bonds. The van der Waals surface area contributed by atoms with E-state index in [1.165, 1.54) is 0 Å². The minimum absolute atomic E-state index is 0.656. The Hall–Kier alpha value is 0.870. The Morgan fingerprint density at radius 2 is 1.60 bits per heavy atom. The lowest BCUT2D eigenvalue weighted by Crippen LogP contribution is -1.74. The SMILES string of the molecule is Cl[C]C(Cl)Cl. The average molecular weight is 131 g/mol. The van der Waals surface area contributed by atoms with Crippen LogP contribution in [0.3, 0.4) is 0 Å². The predicted octanol–water partition coefficient (Wildman–Crippen LogP) is 2.07. The van der Waals surface area contributed by atoms with Gasteiger partial charge in [0.05, 0.1) is 0 Å². The first-order chi connectivity index (χ1) is 2.27. The zero-order valence-corrected chi connectivity index (χ0v) is 4.48. The van der Waals surface area contributed by atoms with Crippen molar-refractivity contribution in [2.24, 2.45) is 0 Å². The first-order valence-electron chi connectivity index (χ1n) is 0.914. The molecule has 0 aliphatic carbocycles. The van der Waals surface area contributed by atoms with Gasteiger partial charge in [-0.1, -0.05) is 0 Å². The number of rotatable bonds is 1. The largest absolute Gasteiger partial charge is 0.130 e. The van der Waals surface area contributed by atoms with Crippen LogP contribution in [0.2, 0.25) is 0 Å². The van der Waals surface area contributed by atoms with E-state index in [1.807, 2.05) is 5.88 Å². The van der Waals surface area contributed by atoms with Crippen LogP contribution in [0.15, 0.2) is 0 Å². The molecule has 0 aromatic rings. The Labute approximate surface area is 46.0 Å². The van der Waals surface area contributed by atoms with Gasteiger partial charge in [-0.25, -0.2) is 0 Å². The van der Waals surface area contributed by atoms with E-state index >= 15 is 0 Å². The van der Waals surface area contributed by atoms with E-state index in [9.17, 15) is 0 Å². The lowest BCUT2D eigenvalue weighted by Gasteiger charge is -1.80. The third kappa shape index (κ3) is 4.87. The molecule has 0 fully saturated rings. The molecule has 2 radical (unpaired) electrons. The molecule has 0 aromatic heterocycles. The molecule has 0 N–H and O–H groups in total. The minimum Gasteiger partial charge on any atom is -0.112 e. The van der Waals surface area contributed by atoms with Crippen molar-refractivity contribution >= 4 is 34.8 Å². The molecule has 0 aromatic carbocycles. The Kier molecular flexibility index (Phi) is 3.61. The van der Waals surface area contributed by atoms with Gasteiger partial charge in [-0.15, -0.1) is 34.8 Å². The number of hydrogen-bond donors (Lipinski definition) is 0. The fourth-order valence-electron chi connectivity index (χ4n) is 0. The third-order valence-corrected chi connectivity index (χ3v) is 0.742. The highest BCUT2D eigenvalue weighted by Crippen LogP contribution is 2.06. The molecule has 0 atom stereocenters. The number of hydrogen-bond acceptors (Lipinski definition) is 0. The molecule has 0 unspecified atom stereocenters. The van der Waals surface area contributed by atoms with E-state index in [0.717, 1.165) is 0 Å². The molecule has 0 spiro atoms. The first kappa shape index (κ1) is 5.87. The van der Waals surface area contributed by atoms with Crippen LogP contribution in [0.1, 0.15) is 0 Å². The highest BCUT2D eigenvalue weighted by Gasteiger charge is 1.91. The monoisotopic (exact) mass is 130 g/mol. The van der Waals surface area contributed by atoms with Gasteiger partial charge in [0, 0.05) is 0 Å². The van der Waals surface area contributed by atoms with E-state index in [2.05, 4.69) is 0 Å². The normalized spacial score (nSPS) is 9.60. The second-order valence-corrected chi connectivity index (χ2v) is 1.72. The molecule has 0 nitrogen and oxygen atoms in total. The average Bonchev–Trinajstić information content (AvgIpc) is 1.38. The van der Waals surface area contributed by atoms with Crippen LogP contribution in [0.5, 0.6) is 0 Å². The summed E-state index contributed by atoms with van der Waals surface area (Å²) in [6.45, 7) is 0. The number of halogens is 3. The van der Waals surface area contributed by atoms with Gasteiger partial charge in [0.1, 0.15) is 10.7 Å². The molecule has 0 aliphatic rings. The highest BCUT2D eigenvalue weighted by atomic mass is 35.5. The molecule has 0 aliphatic heterocycles. The molecule has 30 valence electrons. The van der Waals surface area contributed by atoms with Gasteiger partial charge < -0.3 is 0 Å². The van der Waals surface area contributed by atoms with Gasteiger partial charge >= 0.3 is 0 Å². The lowest BCUT2D eigenvalue weighted by atomic mass is 10.9. The maximum Gasteiger partial charge on any atom is 0.130 e. The second-order valence-electron chi connectivity index (χ2n) is 0.410. The van der Waals surface area contributed by atoms with E-state index in [-0.39, 0.29) is 0 Å². The van der Waals surface area contributed by atoms with Gasteiger partial charge in [0.15, 0.2) is 0 Å². The molecule has 5 heavy (non-hydrogen) atoms. The topological polar surface area (TPSA) is 0 Å². The summed E-state index contributed by atoms with van der Waals surface area (Å²) in [7, 11) is 0. The third-order valence-electron chi connectivity index (χ3n) is 0.0825. The maximum absolute atomic E-state index is 4.98. The molecule has 0 heterocycles. The van der Waals surface area contributed by atoms with Crippen molar-refractivity contribution in [3.63, 3.8) is 0 Å². The first-order valence-corrected chi connectivity index (χ1v) is 2.16. The van der Waals surface area contributed by atoms with Crippen LogP contribution < -0.4 is 0 Å². The van der Waals surface area contributed by atoms with Crippen LogP contribution in [0.4, 0.5) is 0 Å². The molecule has 3 heteroatoms. The smallest absolute Gasteiger partial charge is 0.112 e. The fraction of sp³-hybridized carbons (Fsp3) is 0.500. The summed E-state index contributed by atoms with van der Waals surface area (Å²) in [5.41, 5.74) is 0. The van der Waals surface area contributed by atoms with Crippen molar-refractivity contribution in [3.05, 3.63) is 5.88 Å². The van der Waals surface area contributed by atoms with Crippen molar-refractivity contribution in [1.82, 2.24) is 0 Å². The van der Waals surface area contributed by atoms with Gasteiger partial charge in [-0.05, 0) is 0 Å². The summed E-state index contributed by atoms with van der Waals surface area (Å²) in [5.74, 6) is 2.03. The predicted molar refractivity (Wildman–Crippen MR) is 24.6 cm³/mol. The minimum atomic E-state index is -0.656. The fourth-order valence-corrected chi connectivity index (χ4v) is 0. The summed E-state index contributed by atoms with van der Waals surface area (Å²) in [4.78, 5) is -0.656. The molecule has 0 rings (SSSR count). The van der Waals surface area contributed by atoms with Crippen molar-refractivity contribution < 1.29 is 0 Å². The van der Waals surface area contributed by atoms with Crippen LogP contribution >= 0.6 is 34.8 Å². The van der Waals surface area contributed by atoms with Crippen LogP contribution in [0, 0.1) is 5.88 Å². The summed E-state index contributed by atoms with van der Waals surface area (Å²) < 4.78 is 0. The van der Waals surface area contributed by atoms with Crippen molar-refractivity contribution in [2.45, 2.75) is 4.84 Å². The van der Waals surface area contributed by atoms with Crippen LogP contribution in [-0.4, -0.2) is 4.84 Å². The quantitative estimate of drug-likeness (QED) is 0.478. The summed E-state index contributed by atoms with van der Waals surface area (Å²) >= 11 is 14.8. The van der Waals surface area contributed by atoms with E-state index in [4.69, 9.17) is 34.8 Å². The van der Waals surface area contributed by atoms with Gasteiger partial charge in [-0.2, -0.15) is 0 Å². The van der Waals surface area contributed by atoms with Crippen LogP contribution in [0.25, 0.3) is 0 Å². The summed E-state index contributed by atoms with van der Waals surface area (Å²) in [6.07, 6.45) is 0. The maximum atomic E-state index is 4.98. The molecular weight excluding hydrogens is 130 g/mol. The lowest BCUT2D eigenvalue weighted by molar-refractivity contribution is 1.57. The van der Waals surface area contributed by atoms with Gasteiger partial charge in [0.25, 0.3) is 0 Å². The van der Waals surface area contributed by atoms with E-state index in [0.29, 0.717) is 0 Å². The standard InChI is InChI=1S/C2HCl3/c3-1-2(4)5/h2H. The van der Waals surface area contributed by atoms with Crippen LogP contribution in [-0.2, 0) is 0 Å². The number of alkyl halides is 2. The second kappa shape index (κ2) is 3.08. The summed E-state index contributed by atoms with van der Waals surface area (Å²) in [6, 6.07) is 0. The molecular formula is C2HCl3. The Morgan fingerprint density at radius 3 is 1.60 bits per heavy atom.